The fourth-order valence-electron chi connectivity index (χ4n) is 2.53. The smallest absolute Gasteiger partial charge is 0.308 e. The molecule has 1 aromatic heterocycles. The number of ether oxygens (including phenoxy) is 1. The van der Waals surface area contributed by atoms with Gasteiger partial charge in [0.05, 0.1) is 18.7 Å². The summed E-state index contributed by atoms with van der Waals surface area (Å²) in [6, 6.07) is 15.7. The predicted octanol–water partition coefficient (Wildman–Crippen LogP) is 4.81. The molecule has 3 rings (SSSR count). The van der Waals surface area contributed by atoms with E-state index in [0.29, 0.717) is 6.61 Å². The lowest BCUT2D eigenvalue weighted by atomic mass is 10.1. The van der Waals surface area contributed by atoms with Gasteiger partial charge in [0.15, 0.2) is 0 Å². The Bertz CT molecular complexity index is 867. The Hall–Kier alpha value is -2.66. The molecule has 0 radical (unpaired) electrons. The van der Waals surface area contributed by atoms with E-state index >= 15 is 0 Å². The summed E-state index contributed by atoms with van der Waals surface area (Å²) < 4.78 is 5.46. The second kappa shape index (κ2) is 7.49. The van der Waals surface area contributed by atoms with Gasteiger partial charge in [-0.05, 0) is 38.1 Å². The van der Waals surface area contributed by atoms with Gasteiger partial charge in [-0.1, -0.05) is 29.8 Å². The third-order valence-electron chi connectivity index (χ3n) is 3.75. The van der Waals surface area contributed by atoms with Crippen molar-refractivity contribution in [1.29, 1.82) is 0 Å². The molecule has 0 aliphatic heterocycles. The zero-order valence-electron chi connectivity index (χ0n) is 14.2. The predicted molar refractivity (Wildman–Crippen MR) is 100 cm³/mol. The van der Waals surface area contributed by atoms with Crippen LogP contribution in [0.2, 0.25) is 0 Å². The van der Waals surface area contributed by atoms with Crippen molar-refractivity contribution in [2.24, 2.45) is 0 Å². The number of rotatable bonds is 6. The number of benzene rings is 2. The first-order valence-electron chi connectivity index (χ1n) is 8.08. The Kier molecular flexibility index (Phi) is 5.14. The first kappa shape index (κ1) is 17.2. The van der Waals surface area contributed by atoms with Crippen LogP contribution in [0, 0.1) is 6.92 Å². The van der Waals surface area contributed by atoms with E-state index in [1.54, 1.807) is 0 Å². The largest absolute Gasteiger partial charge is 0.494 e. The van der Waals surface area contributed by atoms with Gasteiger partial charge in [-0.2, -0.15) is 0 Å². The van der Waals surface area contributed by atoms with Crippen LogP contribution >= 0.6 is 11.3 Å². The second-order valence-corrected chi connectivity index (χ2v) is 6.77. The van der Waals surface area contributed by atoms with E-state index in [2.05, 4.69) is 0 Å². The Morgan fingerprint density at radius 1 is 1.08 bits per heavy atom. The van der Waals surface area contributed by atoms with Crippen molar-refractivity contribution in [1.82, 2.24) is 4.98 Å². The highest BCUT2D eigenvalue weighted by Crippen LogP contribution is 2.35. The molecule has 0 saturated heterocycles. The van der Waals surface area contributed by atoms with Crippen LogP contribution in [-0.4, -0.2) is 22.7 Å². The molecule has 128 valence electrons. The van der Waals surface area contributed by atoms with Gasteiger partial charge in [0.1, 0.15) is 10.8 Å². The molecular formula is C20H19NO3S. The SMILES string of the molecule is CCOc1ccc(-c2nc(-c3ccc(C)cc3)c(CC(=O)O)s2)cc1. The monoisotopic (exact) mass is 353 g/mol. The number of aromatic nitrogens is 1. The zero-order valence-corrected chi connectivity index (χ0v) is 15.0. The van der Waals surface area contributed by atoms with Gasteiger partial charge in [0.25, 0.3) is 0 Å². The number of carboxylic acids is 1. The molecule has 0 bridgehead atoms. The highest BCUT2D eigenvalue weighted by atomic mass is 32.1. The molecule has 0 saturated carbocycles. The maximum absolute atomic E-state index is 11.2. The molecule has 5 heteroatoms. The average molecular weight is 353 g/mol. The topological polar surface area (TPSA) is 59.4 Å². The number of thiazole rings is 1. The maximum Gasteiger partial charge on any atom is 0.308 e. The normalized spacial score (nSPS) is 10.6. The first-order valence-corrected chi connectivity index (χ1v) is 8.90. The Morgan fingerprint density at radius 2 is 1.72 bits per heavy atom. The highest BCUT2D eigenvalue weighted by molar-refractivity contribution is 7.15. The van der Waals surface area contributed by atoms with Crippen LogP contribution < -0.4 is 4.74 Å². The van der Waals surface area contributed by atoms with Crippen molar-refractivity contribution >= 4 is 17.3 Å². The van der Waals surface area contributed by atoms with E-state index in [0.717, 1.165) is 38.0 Å². The third-order valence-corrected chi connectivity index (χ3v) is 4.85. The number of aliphatic carboxylic acids is 1. The number of aryl methyl sites for hydroxylation is 1. The van der Waals surface area contributed by atoms with Crippen LogP contribution in [0.25, 0.3) is 21.8 Å². The molecule has 1 N–H and O–H groups in total. The Morgan fingerprint density at radius 3 is 2.32 bits per heavy atom. The van der Waals surface area contributed by atoms with Crippen molar-refractivity contribution in [3.8, 4) is 27.6 Å². The molecule has 0 aliphatic carbocycles. The summed E-state index contributed by atoms with van der Waals surface area (Å²) in [5.41, 5.74) is 3.80. The summed E-state index contributed by atoms with van der Waals surface area (Å²) in [6.45, 7) is 4.59. The molecule has 0 unspecified atom stereocenters. The van der Waals surface area contributed by atoms with E-state index in [4.69, 9.17) is 9.72 Å². The fourth-order valence-corrected chi connectivity index (χ4v) is 3.61. The average Bonchev–Trinajstić information content (AvgIpc) is 2.99. The van der Waals surface area contributed by atoms with Gasteiger partial charge in [-0.3, -0.25) is 4.79 Å². The lowest BCUT2D eigenvalue weighted by Gasteiger charge is -2.03. The number of hydrogen-bond donors (Lipinski definition) is 1. The molecule has 3 aromatic rings. The van der Waals surface area contributed by atoms with Gasteiger partial charge >= 0.3 is 5.97 Å². The van der Waals surface area contributed by atoms with Crippen LogP contribution in [0.15, 0.2) is 48.5 Å². The summed E-state index contributed by atoms with van der Waals surface area (Å²) in [5, 5.41) is 10.0. The molecule has 2 aromatic carbocycles. The number of carboxylic acid groups (broad SMARTS) is 1. The fraction of sp³-hybridized carbons (Fsp3) is 0.200. The van der Waals surface area contributed by atoms with Crippen LogP contribution in [0.4, 0.5) is 0 Å². The minimum absolute atomic E-state index is 0.0299. The van der Waals surface area contributed by atoms with Gasteiger partial charge in [-0.25, -0.2) is 4.98 Å². The van der Waals surface area contributed by atoms with Crippen molar-refractivity contribution in [2.45, 2.75) is 20.3 Å². The van der Waals surface area contributed by atoms with Crippen LogP contribution in [0.3, 0.4) is 0 Å². The van der Waals surface area contributed by atoms with Gasteiger partial charge < -0.3 is 9.84 Å². The minimum Gasteiger partial charge on any atom is -0.494 e. The summed E-state index contributed by atoms with van der Waals surface area (Å²) in [6.07, 6.45) is -0.0299. The van der Waals surface area contributed by atoms with Crippen LogP contribution in [0.5, 0.6) is 5.75 Å². The second-order valence-electron chi connectivity index (χ2n) is 5.68. The summed E-state index contributed by atoms with van der Waals surface area (Å²) >= 11 is 1.43. The van der Waals surface area contributed by atoms with E-state index in [-0.39, 0.29) is 6.42 Å². The Labute approximate surface area is 150 Å². The Balaban J connectivity index is 2.00. The summed E-state index contributed by atoms with van der Waals surface area (Å²) in [5.74, 6) is -0.0393. The molecular weight excluding hydrogens is 334 g/mol. The molecule has 0 aliphatic rings. The minimum atomic E-state index is -0.852. The van der Waals surface area contributed by atoms with Crippen molar-refractivity contribution in [2.75, 3.05) is 6.61 Å². The van der Waals surface area contributed by atoms with Crippen LogP contribution in [-0.2, 0) is 11.2 Å². The van der Waals surface area contributed by atoms with Crippen molar-refractivity contribution < 1.29 is 14.6 Å². The maximum atomic E-state index is 11.2. The molecule has 1 heterocycles. The first-order chi connectivity index (χ1) is 12.1. The summed E-state index contributed by atoms with van der Waals surface area (Å²) in [4.78, 5) is 16.7. The molecule has 0 atom stereocenters. The third kappa shape index (κ3) is 4.06. The van der Waals surface area contributed by atoms with E-state index in [1.807, 2.05) is 62.4 Å². The van der Waals surface area contributed by atoms with Crippen molar-refractivity contribution in [3.05, 3.63) is 59.0 Å². The van der Waals surface area contributed by atoms with E-state index < -0.39 is 5.97 Å². The van der Waals surface area contributed by atoms with E-state index in [1.165, 1.54) is 11.3 Å². The lowest BCUT2D eigenvalue weighted by molar-refractivity contribution is -0.136. The molecule has 0 amide bonds. The molecule has 0 fully saturated rings. The zero-order chi connectivity index (χ0) is 17.8. The summed E-state index contributed by atoms with van der Waals surface area (Å²) in [7, 11) is 0. The molecule has 25 heavy (non-hydrogen) atoms. The molecule has 4 nitrogen and oxygen atoms in total. The van der Waals surface area contributed by atoms with Crippen molar-refractivity contribution in [3.63, 3.8) is 0 Å². The standard InChI is InChI=1S/C20H19NO3S/c1-3-24-16-10-8-15(9-11-16)20-21-19(17(25-20)12-18(22)23)14-6-4-13(2)5-7-14/h4-11H,3,12H2,1-2H3,(H,22,23). The highest BCUT2D eigenvalue weighted by Gasteiger charge is 2.16. The molecule has 0 spiro atoms. The van der Waals surface area contributed by atoms with Gasteiger partial charge in [-0.15, -0.1) is 11.3 Å². The van der Waals surface area contributed by atoms with Gasteiger partial charge in [0.2, 0.25) is 0 Å². The van der Waals surface area contributed by atoms with E-state index in [9.17, 15) is 9.90 Å². The van der Waals surface area contributed by atoms with Gasteiger partial charge in [0, 0.05) is 16.0 Å². The number of hydrogen-bond acceptors (Lipinski definition) is 4. The quantitative estimate of drug-likeness (QED) is 0.691. The van der Waals surface area contributed by atoms with Crippen LogP contribution in [0.1, 0.15) is 17.4 Å². The lowest BCUT2D eigenvalue weighted by Crippen LogP contribution is -1.99. The number of carbonyl (C=O) groups is 1. The number of nitrogens with zero attached hydrogens (tertiary/aromatic N) is 1.